The van der Waals surface area contributed by atoms with Crippen LogP contribution in [0.1, 0.15) is 54.3 Å². The number of aromatic nitrogens is 1. The van der Waals surface area contributed by atoms with Crippen molar-refractivity contribution in [2.75, 3.05) is 6.61 Å². The molecule has 8 nitrogen and oxygen atoms in total. The van der Waals surface area contributed by atoms with Gasteiger partial charge in [0.05, 0.1) is 11.2 Å². The lowest BCUT2D eigenvalue weighted by molar-refractivity contribution is -0.171. The summed E-state index contributed by atoms with van der Waals surface area (Å²) in [4.78, 5) is 43.9. The first-order chi connectivity index (χ1) is 17.6. The zero-order chi connectivity index (χ0) is 26.2. The van der Waals surface area contributed by atoms with Crippen LogP contribution in [0.5, 0.6) is 11.5 Å². The van der Waals surface area contributed by atoms with Gasteiger partial charge in [0.2, 0.25) is 0 Å². The summed E-state index contributed by atoms with van der Waals surface area (Å²) in [6.45, 7) is 5.70. The number of carbonyl (C=O) groups excluding carboxylic acids is 3. The van der Waals surface area contributed by atoms with Gasteiger partial charge in [-0.05, 0) is 57.0 Å². The Morgan fingerprint density at radius 2 is 2.05 bits per heavy atom. The average Bonchev–Trinajstić information content (AvgIpc) is 3.03. The van der Waals surface area contributed by atoms with Gasteiger partial charge in [-0.3, -0.25) is 14.6 Å². The van der Waals surface area contributed by atoms with Gasteiger partial charge in [-0.25, -0.2) is 4.79 Å². The number of allylic oxidation sites excluding steroid dienone is 1. The van der Waals surface area contributed by atoms with Crippen LogP contribution in [0, 0.1) is 11.8 Å². The quantitative estimate of drug-likeness (QED) is 0.484. The minimum Gasteiger partial charge on any atom is -0.507 e. The van der Waals surface area contributed by atoms with Gasteiger partial charge in [-0.2, -0.15) is 0 Å². The summed E-state index contributed by atoms with van der Waals surface area (Å²) in [6, 6.07) is 7.99. The summed E-state index contributed by atoms with van der Waals surface area (Å²) >= 11 is 0. The zero-order valence-electron chi connectivity index (χ0n) is 20.8. The molecule has 4 unspecified atom stereocenters. The molecular formula is C29H27NO7. The number of fused-ring (bicyclic) bond motifs is 1. The fourth-order valence-corrected chi connectivity index (χ4v) is 6.60. The second-order valence-electron chi connectivity index (χ2n) is 10.8. The molecular weight excluding hydrogens is 474 g/mol. The summed E-state index contributed by atoms with van der Waals surface area (Å²) < 4.78 is 18.7. The number of benzene rings is 1. The highest BCUT2D eigenvalue weighted by molar-refractivity contribution is 6.18. The van der Waals surface area contributed by atoms with Crippen LogP contribution in [-0.2, 0) is 14.3 Å². The highest BCUT2D eigenvalue weighted by Gasteiger charge is 2.81. The zero-order valence-corrected chi connectivity index (χ0v) is 20.8. The van der Waals surface area contributed by atoms with E-state index < -0.39 is 28.7 Å². The first kappa shape index (κ1) is 23.6. The molecule has 37 heavy (non-hydrogen) atoms. The van der Waals surface area contributed by atoms with Gasteiger partial charge in [0.25, 0.3) is 0 Å². The molecule has 2 aliphatic heterocycles. The summed E-state index contributed by atoms with van der Waals surface area (Å²) in [5.74, 6) is -1.59. The molecule has 1 saturated carbocycles. The van der Waals surface area contributed by atoms with Crippen LogP contribution >= 0.6 is 0 Å². The third-order valence-electron chi connectivity index (χ3n) is 8.17. The number of hydrogen-bond acceptors (Lipinski definition) is 8. The van der Waals surface area contributed by atoms with Crippen molar-refractivity contribution in [1.82, 2.24) is 4.98 Å². The van der Waals surface area contributed by atoms with Gasteiger partial charge < -0.3 is 19.3 Å². The van der Waals surface area contributed by atoms with E-state index in [1.807, 2.05) is 26.8 Å². The lowest BCUT2D eigenvalue weighted by Crippen LogP contribution is -2.72. The molecule has 190 valence electrons. The number of Topliss-reactive ketones (excluding diaryl/α,β-unsaturated/α-hetero) is 2. The number of hydrogen-bond donors (Lipinski definition) is 1. The summed E-state index contributed by atoms with van der Waals surface area (Å²) in [6.07, 6.45) is 7.22. The van der Waals surface area contributed by atoms with Gasteiger partial charge in [0, 0.05) is 36.2 Å². The normalized spacial score (nSPS) is 30.8. The molecule has 4 atom stereocenters. The van der Waals surface area contributed by atoms with Crippen molar-refractivity contribution >= 4 is 17.5 Å². The third kappa shape index (κ3) is 3.11. The number of phenolic OH excluding ortho intramolecular Hbond substituents is 1. The summed E-state index contributed by atoms with van der Waals surface area (Å²) in [5.41, 5.74) is -1.92. The summed E-state index contributed by atoms with van der Waals surface area (Å²) in [5, 5.41) is 10.4. The van der Waals surface area contributed by atoms with Crippen molar-refractivity contribution in [1.29, 1.82) is 0 Å². The van der Waals surface area contributed by atoms with Gasteiger partial charge in [0.1, 0.15) is 23.7 Å². The SMILES string of the molecule is C/C(=C\CC12OC(C)(C)C3CC(C=C4C(=O)c5c(O)cccc5OC431)C2=O)COC(=O)c1cccnc1. The number of phenols is 1. The molecule has 3 aliphatic carbocycles. The molecule has 1 N–H and O–H groups in total. The molecule has 0 amide bonds. The fraction of sp³-hybridized carbons (Fsp3) is 0.379. The Hall–Kier alpha value is -3.78. The third-order valence-corrected chi connectivity index (χ3v) is 8.17. The molecule has 4 bridgehead atoms. The Labute approximate surface area is 213 Å². The van der Waals surface area contributed by atoms with Gasteiger partial charge in [0.15, 0.2) is 22.8 Å². The van der Waals surface area contributed by atoms with E-state index in [4.69, 9.17) is 14.2 Å². The first-order valence-electron chi connectivity index (χ1n) is 12.4. The number of aromatic hydroxyl groups is 1. The molecule has 1 spiro atoms. The summed E-state index contributed by atoms with van der Waals surface area (Å²) in [7, 11) is 0. The number of rotatable bonds is 5. The maximum Gasteiger partial charge on any atom is 0.340 e. The second kappa shape index (κ2) is 7.86. The van der Waals surface area contributed by atoms with Crippen molar-refractivity contribution in [3.8, 4) is 11.5 Å². The molecule has 1 aromatic carbocycles. The van der Waals surface area contributed by atoms with E-state index in [9.17, 15) is 19.5 Å². The molecule has 8 heteroatoms. The monoisotopic (exact) mass is 501 g/mol. The Morgan fingerprint density at radius 1 is 1.24 bits per heavy atom. The minimum atomic E-state index is -1.43. The van der Waals surface area contributed by atoms with Crippen molar-refractivity contribution in [3.63, 3.8) is 0 Å². The maximum absolute atomic E-state index is 13.9. The van der Waals surface area contributed by atoms with Crippen LogP contribution in [0.3, 0.4) is 0 Å². The number of esters is 1. The number of ketones is 2. The van der Waals surface area contributed by atoms with Gasteiger partial charge in [-0.15, -0.1) is 0 Å². The molecule has 1 saturated heterocycles. The average molecular weight is 502 g/mol. The topological polar surface area (TPSA) is 112 Å². The second-order valence-corrected chi connectivity index (χ2v) is 10.8. The van der Waals surface area contributed by atoms with E-state index in [0.29, 0.717) is 17.6 Å². The van der Waals surface area contributed by atoms with Crippen molar-refractivity contribution in [2.24, 2.45) is 11.8 Å². The maximum atomic E-state index is 13.9. The van der Waals surface area contributed by atoms with Gasteiger partial charge in [-0.1, -0.05) is 18.2 Å². The van der Waals surface area contributed by atoms with E-state index >= 15 is 0 Å². The molecule has 0 radical (unpaired) electrons. The molecule has 7 rings (SSSR count). The molecule has 2 aromatic rings. The highest BCUT2D eigenvalue weighted by atomic mass is 16.6. The van der Waals surface area contributed by atoms with Crippen LogP contribution in [0.4, 0.5) is 0 Å². The largest absolute Gasteiger partial charge is 0.507 e. The smallest absolute Gasteiger partial charge is 0.340 e. The Kier molecular flexibility index (Phi) is 5.01. The lowest BCUT2D eigenvalue weighted by Gasteiger charge is -2.56. The van der Waals surface area contributed by atoms with E-state index in [1.54, 1.807) is 36.5 Å². The molecule has 3 heterocycles. The molecule has 5 aliphatic rings. The number of carbonyl (C=O) groups is 3. The Morgan fingerprint density at radius 3 is 2.81 bits per heavy atom. The minimum absolute atomic E-state index is 0.0282. The number of nitrogens with zero attached hydrogens (tertiary/aromatic N) is 1. The van der Waals surface area contributed by atoms with Crippen molar-refractivity contribution in [3.05, 3.63) is 77.2 Å². The predicted molar refractivity (Wildman–Crippen MR) is 131 cm³/mol. The fourth-order valence-electron chi connectivity index (χ4n) is 6.60. The standard InChI is InChI=1S/C29H27NO7/c1-16(15-35-26(34)17-6-5-11-30-14-17)9-10-28-25(33)18-12-19-24(32)23-20(31)7-4-8-21(23)36-29(19,28)22(13-18)27(2,3)37-28/h4-9,11-12,14,18,22,31H,10,13,15H2,1-3H3/b16-9+. The van der Waals surface area contributed by atoms with Crippen LogP contribution < -0.4 is 4.74 Å². The Balaban J connectivity index is 1.37. The van der Waals surface area contributed by atoms with Crippen molar-refractivity contribution in [2.45, 2.75) is 50.4 Å². The highest BCUT2D eigenvalue weighted by Crippen LogP contribution is 2.67. The van der Waals surface area contributed by atoms with E-state index in [2.05, 4.69) is 4.98 Å². The van der Waals surface area contributed by atoms with Crippen LogP contribution in [0.15, 0.2) is 66.0 Å². The van der Waals surface area contributed by atoms with Crippen LogP contribution in [0.2, 0.25) is 0 Å². The van der Waals surface area contributed by atoms with E-state index in [1.165, 1.54) is 12.3 Å². The molecule has 2 fully saturated rings. The van der Waals surface area contributed by atoms with E-state index in [-0.39, 0.29) is 47.6 Å². The van der Waals surface area contributed by atoms with Crippen LogP contribution in [0.25, 0.3) is 0 Å². The lowest BCUT2D eigenvalue weighted by atomic mass is 9.51. The molecule has 1 aromatic heterocycles. The van der Waals surface area contributed by atoms with E-state index in [0.717, 1.165) is 5.57 Å². The predicted octanol–water partition coefficient (Wildman–Crippen LogP) is 3.99. The number of pyridine rings is 1. The Bertz CT molecular complexity index is 1410. The first-order valence-corrected chi connectivity index (χ1v) is 12.4. The van der Waals surface area contributed by atoms with Crippen molar-refractivity contribution < 1.29 is 33.7 Å². The van der Waals surface area contributed by atoms with Gasteiger partial charge >= 0.3 is 5.97 Å². The number of ether oxygens (including phenoxy) is 3. The van der Waals surface area contributed by atoms with Crippen LogP contribution in [-0.4, -0.2) is 51.0 Å².